The highest BCUT2D eigenvalue weighted by atomic mass is 32.1. The van der Waals surface area contributed by atoms with Crippen molar-refractivity contribution in [2.45, 2.75) is 6.04 Å². The van der Waals surface area contributed by atoms with Gasteiger partial charge in [0.05, 0.1) is 23.1 Å². The zero-order valence-corrected chi connectivity index (χ0v) is 14.3. The summed E-state index contributed by atoms with van der Waals surface area (Å²) in [6.45, 7) is 0.444. The maximum Gasteiger partial charge on any atom is 0.290 e. The minimum Gasteiger partial charge on any atom is -0.503 e. The summed E-state index contributed by atoms with van der Waals surface area (Å²) in [5.41, 5.74) is 0.560. The van der Waals surface area contributed by atoms with Crippen molar-refractivity contribution >= 4 is 23.0 Å². The van der Waals surface area contributed by atoms with E-state index in [0.717, 1.165) is 0 Å². The number of hydrogen-bond acceptors (Lipinski definition) is 5. The standard InChI is InChI=1S/C18H16FNO4S/c1-24-9-8-20-15(11-4-6-12(19)7-5-11)14(17(22)18(20)23)16(21)13-3-2-10-25-13/h2-7,10,15,22H,8-9H2,1H3/t15-/m0/s1. The molecule has 0 unspecified atom stereocenters. The Hall–Kier alpha value is -2.51. The van der Waals surface area contributed by atoms with Crippen molar-refractivity contribution in [3.05, 3.63) is 69.4 Å². The van der Waals surface area contributed by atoms with Crippen LogP contribution < -0.4 is 0 Å². The van der Waals surface area contributed by atoms with E-state index in [0.29, 0.717) is 10.4 Å². The molecule has 1 aliphatic heterocycles. The Balaban J connectivity index is 2.06. The first-order valence-corrected chi connectivity index (χ1v) is 8.49. The topological polar surface area (TPSA) is 66.8 Å². The van der Waals surface area contributed by atoms with Gasteiger partial charge in [-0.15, -0.1) is 11.3 Å². The molecule has 3 rings (SSSR count). The molecular formula is C18H16FNO4S. The fraction of sp³-hybridized carbons (Fsp3) is 0.222. The quantitative estimate of drug-likeness (QED) is 0.803. The molecule has 25 heavy (non-hydrogen) atoms. The van der Waals surface area contributed by atoms with E-state index in [4.69, 9.17) is 4.74 Å². The molecule has 2 aromatic rings. The van der Waals surface area contributed by atoms with Crippen LogP contribution in [0.25, 0.3) is 0 Å². The van der Waals surface area contributed by atoms with E-state index < -0.39 is 29.3 Å². The Morgan fingerprint density at radius 2 is 2.04 bits per heavy atom. The third kappa shape index (κ3) is 3.20. The number of hydrogen-bond donors (Lipinski definition) is 1. The Morgan fingerprint density at radius 1 is 1.32 bits per heavy atom. The molecule has 5 nitrogen and oxygen atoms in total. The second-order valence-electron chi connectivity index (χ2n) is 5.51. The minimum absolute atomic E-state index is 0.00941. The van der Waals surface area contributed by atoms with E-state index in [9.17, 15) is 19.1 Å². The number of nitrogens with zero attached hydrogens (tertiary/aromatic N) is 1. The first-order valence-electron chi connectivity index (χ1n) is 7.61. The monoisotopic (exact) mass is 361 g/mol. The van der Waals surface area contributed by atoms with E-state index in [1.54, 1.807) is 17.5 Å². The first-order chi connectivity index (χ1) is 12.0. The molecule has 1 atom stereocenters. The van der Waals surface area contributed by atoms with Gasteiger partial charge in [0.2, 0.25) is 5.78 Å². The van der Waals surface area contributed by atoms with Gasteiger partial charge < -0.3 is 14.7 Å². The second-order valence-corrected chi connectivity index (χ2v) is 6.46. The minimum atomic E-state index is -0.780. The molecular weight excluding hydrogens is 345 g/mol. The Kier molecular flexibility index (Phi) is 4.96. The van der Waals surface area contributed by atoms with Crippen LogP contribution >= 0.6 is 11.3 Å². The van der Waals surface area contributed by atoms with Crippen molar-refractivity contribution < 1.29 is 23.8 Å². The van der Waals surface area contributed by atoms with Crippen LogP contribution in [0.4, 0.5) is 4.39 Å². The van der Waals surface area contributed by atoms with Gasteiger partial charge in [-0.1, -0.05) is 18.2 Å². The van der Waals surface area contributed by atoms with Gasteiger partial charge in [-0.05, 0) is 29.1 Å². The third-order valence-electron chi connectivity index (χ3n) is 4.02. The van der Waals surface area contributed by atoms with Crippen molar-refractivity contribution in [1.82, 2.24) is 4.90 Å². The smallest absolute Gasteiger partial charge is 0.290 e. The lowest BCUT2D eigenvalue weighted by Gasteiger charge is -2.26. The van der Waals surface area contributed by atoms with Crippen LogP contribution in [0.3, 0.4) is 0 Å². The summed E-state index contributed by atoms with van der Waals surface area (Å²) in [5.74, 6) is -2.03. The summed E-state index contributed by atoms with van der Waals surface area (Å²) in [4.78, 5) is 27.1. The number of rotatable bonds is 6. The predicted octanol–water partition coefficient (Wildman–Crippen LogP) is 3.11. The van der Waals surface area contributed by atoms with Crippen molar-refractivity contribution in [3.63, 3.8) is 0 Å². The maximum atomic E-state index is 13.3. The molecule has 1 aromatic heterocycles. The number of aliphatic hydroxyl groups is 1. The molecule has 1 N–H and O–H groups in total. The van der Waals surface area contributed by atoms with Gasteiger partial charge >= 0.3 is 0 Å². The number of Topliss-reactive ketones (excluding diaryl/α,β-unsaturated/α-hetero) is 1. The molecule has 0 saturated heterocycles. The number of carbonyl (C=O) groups excluding carboxylic acids is 2. The predicted molar refractivity (Wildman–Crippen MR) is 91.0 cm³/mol. The van der Waals surface area contributed by atoms with E-state index in [2.05, 4.69) is 0 Å². The van der Waals surface area contributed by atoms with Crippen LogP contribution in [0.1, 0.15) is 21.3 Å². The van der Waals surface area contributed by atoms with Crippen LogP contribution in [0.2, 0.25) is 0 Å². The molecule has 0 fully saturated rings. The van der Waals surface area contributed by atoms with Gasteiger partial charge in [-0.3, -0.25) is 9.59 Å². The fourth-order valence-corrected chi connectivity index (χ4v) is 3.52. The number of halogens is 1. The Bertz CT molecular complexity index is 814. The Labute approximate surface area is 148 Å². The lowest BCUT2D eigenvalue weighted by Crippen LogP contribution is -2.33. The van der Waals surface area contributed by atoms with E-state index in [1.165, 1.54) is 47.6 Å². The molecule has 130 valence electrons. The van der Waals surface area contributed by atoms with Gasteiger partial charge in [0.25, 0.3) is 5.91 Å². The van der Waals surface area contributed by atoms with Crippen LogP contribution in [-0.4, -0.2) is 42.0 Å². The van der Waals surface area contributed by atoms with Crippen LogP contribution in [0.5, 0.6) is 0 Å². The van der Waals surface area contributed by atoms with Crippen LogP contribution in [0, 0.1) is 5.82 Å². The second kappa shape index (κ2) is 7.16. The lowest BCUT2D eigenvalue weighted by atomic mass is 9.95. The maximum absolute atomic E-state index is 13.3. The van der Waals surface area contributed by atoms with E-state index >= 15 is 0 Å². The van der Waals surface area contributed by atoms with E-state index in [-0.39, 0.29) is 18.7 Å². The van der Waals surface area contributed by atoms with Gasteiger partial charge in [-0.2, -0.15) is 0 Å². The summed E-state index contributed by atoms with van der Waals surface area (Å²) < 4.78 is 18.3. The third-order valence-corrected chi connectivity index (χ3v) is 4.88. The highest BCUT2D eigenvalue weighted by molar-refractivity contribution is 7.12. The van der Waals surface area contributed by atoms with Gasteiger partial charge in [0.15, 0.2) is 5.76 Å². The van der Waals surface area contributed by atoms with Crippen molar-refractivity contribution in [3.8, 4) is 0 Å². The highest BCUT2D eigenvalue weighted by Gasteiger charge is 2.43. The molecule has 1 amide bonds. The number of thiophene rings is 1. The molecule has 7 heteroatoms. The molecule has 2 heterocycles. The molecule has 1 aromatic carbocycles. The number of carbonyl (C=O) groups is 2. The number of ether oxygens (including phenoxy) is 1. The van der Waals surface area contributed by atoms with Gasteiger partial charge in [-0.25, -0.2) is 4.39 Å². The molecule has 0 spiro atoms. The van der Waals surface area contributed by atoms with Crippen LogP contribution in [0.15, 0.2) is 53.1 Å². The van der Waals surface area contributed by atoms with Crippen LogP contribution in [-0.2, 0) is 9.53 Å². The number of methoxy groups -OCH3 is 1. The Morgan fingerprint density at radius 3 is 2.64 bits per heavy atom. The average molecular weight is 361 g/mol. The van der Waals surface area contributed by atoms with Crippen molar-refractivity contribution in [2.24, 2.45) is 0 Å². The number of benzene rings is 1. The largest absolute Gasteiger partial charge is 0.503 e. The normalized spacial score (nSPS) is 17.4. The summed E-state index contributed by atoms with van der Waals surface area (Å²) in [5, 5.41) is 12.1. The number of ketones is 1. The highest BCUT2D eigenvalue weighted by Crippen LogP contribution is 2.39. The number of aliphatic hydroxyl groups excluding tert-OH is 1. The average Bonchev–Trinajstić information content (AvgIpc) is 3.22. The summed E-state index contributed by atoms with van der Waals surface area (Å²) in [6, 6.07) is 8.12. The van der Waals surface area contributed by atoms with Gasteiger partial charge in [0.1, 0.15) is 5.82 Å². The number of amides is 1. The SMILES string of the molecule is COCCN1C(=O)C(O)=C(C(=O)c2cccs2)[C@@H]1c1ccc(F)cc1. The zero-order chi connectivity index (χ0) is 18.0. The molecule has 0 radical (unpaired) electrons. The van der Waals surface area contributed by atoms with Gasteiger partial charge in [0, 0.05) is 13.7 Å². The molecule has 0 aliphatic carbocycles. The zero-order valence-electron chi connectivity index (χ0n) is 13.4. The lowest BCUT2D eigenvalue weighted by molar-refractivity contribution is -0.130. The summed E-state index contributed by atoms with van der Waals surface area (Å²) in [7, 11) is 1.50. The molecule has 0 saturated carbocycles. The molecule has 0 bridgehead atoms. The molecule has 1 aliphatic rings. The van der Waals surface area contributed by atoms with E-state index in [1.807, 2.05) is 0 Å². The van der Waals surface area contributed by atoms with Crippen molar-refractivity contribution in [2.75, 3.05) is 20.3 Å². The fourth-order valence-electron chi connectivity index (χ4n) is 2.84. The van der Waals surface area contributed by atoms with Crippen molar-refractivity contribution in [1.29, 1.82) is 0 Å². The summed E-state index contributed by atoms with van der Waals surface area (Å²) in [6.07, 6.45) is 0. The summed E-state index contributed by atoms with van der Waals surface area (Å²) >= 11 is 1.23. The first kappa shape index (κ1) is 17.3.